The van der Waals surface area contributed by atoms with Gasteiger partial charge in [0, 0.05) is 13.0 Å². The second kappa shape index (κ2) is 8.70. The molecule has 0 saturated heterocycles. The van der Waals surface area contributed by atoms with E-state index in [9.17, 15) is 0 Å². The Balaban J connectivity index is 1.61. The molecule has 0 heterocycles. The SMILES string of the molecule is C/C=C/c1cccc(CC(COc2ccccc2)OCC2CC2)c1. The maximum atomic E-state index is 6.15. The van der Waals surface area contributed by atoms with Gasteiger partial charge in [-0.25, -0.2) is 0 Å². The fourth-order valence-electron chi connectivity index (χ4n) is 2.71. The van der Waals surface area contributed by atoms with E-state index in [0.717, 1.165) is 24.7 Å². The summed E-state index contributed by atoms with van der Waals surface area (Å²) in [6.07, 6.45) is 7.78. The third kappa shape index (κ3) is 5.54. The molecule has 1 unspecified atom stereocenters. The minimum atomic E-state index is 0.0895. The van der Waals surface area contributed by atoms with Crippen LogP contribution in [0.4, 0.5) is 0 Å². The zero-order valence-electron chi connectivity index (χ0n) is 14.4. The first-order valence-corrected chi connectivity index (χ1v) is 8.84. The second-order valence-electron chi connectivity index (χ2n) is 6.47. The van der Waals surface area contributed by atoms with Gasteiger partial charge in [-0.1, -0.05) is 54.6 Å². The molecule has 24 heavy (non-hydrogen) atoms. The normalized spacial score (nSPS) is 15.5. The number of rotatable bonds is 9. The summed E-state index contributed by atoms with van der Waals surface area (Å²) in [4.78, 5) is 0. The molecule has 0 N–H and O–H groups in total. The lowest BCUT2D eigenvalue weighted by Gasteiger charge is -2.19. The average molecular weight is 322 g/mol. The van der Waals surface area contributed by atoms with Gasteiger partial charge in [0.05, 0.1) is 6.10 Å². The van der Waals surface area contributed by atoms with Gasteiger partial charge in [-0.05, 0) is 48.9 Å². The monoisotopic (exact) mass is 322 g/mol. The molecular formula is C22H26O2. The fourth-order valence-corrected chi connectivity index (χ4v) is 2.71. The highest BCUT2D eigenvalue weighted by Gasteiger charge is 2.23. The maximum Gasteiger partial charge on any atom is 0.119 e. The highest BCUT2D eigenvalue weighted by atomic mass is 16.5. The molecule has 0 amide bonds. The molecule has 0 aromatic heterocycles. The van der Waals surface area contributed by atoms with Crippen LogP contribution in [0.5, 0.6) is 5.75 Å². The first-order valence-electron chi connectivity index (χ1n) is 8.84. The molecule has 1 aliphatic carbocycles. The lowest BCUT2D eigenvalue weighted by Crippen LogP contribution is -2.25. The van der Waals surface area contributed by atoms with Crippen LogP contribution in [-0.4, -0.2) is 19.3 Å². The maximum absolute atomic E-state index is 6.15. The summed E-state index contributed by atoms with van der Waals surface area (Å²) in [5.41, 5.74) is 2.53. The Hall–Kier alpha value is -2.06. The molecule has 1 saturated carbocycles. The first kappa shape index (κ1) is 16.8. The van der Waals surface area contributed by atoms with Crippen molar-refractivity contribution in [1.29, 1.82) is 0 Å². The summed E-state index contributed by atoms with van der Waals surface area (Å²) in [5.74, 6) is 1.67. The molecule has 2 heteroatoms. The Morgan fingerprint density at radius 3 is 2.67 bits per heavy atom. The summed E-state index contributed by atoms with van der Waals surface area (Å²) < 4.78 is 12.1. The van der Waals surface area contributed by atoms with Crippen molar-refractivity contribution in [3.05, 3.63) is 71.8 Å². The number of benzene rings is 2. The topological polar surface area (TPSA) is 18.5 Å². The van der Waals surface area contributed by atoms with E-state index < -0.39 is 0 Å². The Labute approximate surface area is 145 Å². The Morgan fingerprint density at radius 1 is 1.08 bits per heavy atom. The van der Waals surface area contributed by atoms with E-state index in [1.54, 1.807) is 0 Å². The third-order valence-corrected chi connectivity index (χ3v) is 4.22. The smallest absolute Gasteiger partial charge is 0.119 e. The molecular weight excluding hydrogens is 296 g/mol. The molecule has 126 valence electrons. The summed E-state index contributed by atoms with van der Waals surface area (Å²) in [5, 5.41) is 0. The van der Waals surface area contributed by atoms with Crippen LogP contribution in [0.2, 0.25) is 0 Å². The van der Waals surface area contributed by atoms with Crippen LogP contribution < -0.4 is 4.74 Å². The number of allylic oxidation sites excluding steroid dienone is 1. The highest BCUT2D eigenvalue weighted by Crippen LogP contribution is 2.29. The number of hydrogen-bond donors (Lipinski definition) is 0. The molecule has 2 aromatic rings. The van der Waals surface area contributed by atoms with E-state index in [1.165, 1.54) is 24.0 Å². The average Bonchev–Trinajstić information content (AvgIpc) is 3.43. The summed E-state index contributed by atoms with van der Waals surface area (Å²) in [6, 6.07) is 18.6. The molecule has 0 radical (unpaired) electrons. The van der Waals surface area contributed by atoms with Crippen molar-refractivity contribution in [3.63, 3.8) is 0 Å². The molecule has 3 rings (SSSR count). The van der Waals surface area contributed by atoms with Gasteiger partial charge < -0.3 is 9.47 Å². The van der Waals surface area contributed by atoms with Crippen molar-refractivity contribution < 1.29 is 9.47 Å². The van der Waals surface area contributed by atoms with Crippen molar-refractivity contribution in [2.75, 3.05) is 13.2 Å². The Morgan fingerprint density at radius 2 is 1.92 bits per heavy atom. The highest BCUT2D eigenvalue weighted by molar-refractivity contribution is 5.49. The third-order valence-electron chi connectivity index (χ3n) is 4.22. The number of para-hydroxylation sites is 1. The fraction of sp³-hybridized carbons (Fsp3) is 0.364. The van der Waals surface area contributed by atoms with Gasteiger partial charge in [0.1, 0.15) is 12.4 Å². The minimum absolute atomic E-state index is 0.0895. The molecule has 1 aliphatic rings. The standard InChI is InChI=1S/C22H26O2/c1-2-7-18-8-6-9-20(14-18)15-22(23-16-19-12-13-19)17-24-21-10-4-3-5-11-21/h2-11,14,19,22H,12-13,15-17H2,1H3/b7-2+. The molecule has 0 aliphatic heterocycles. The van der Waals surface area contributed by atoms with Gasteiger partial charge in [0.2, 0.25) is 0 Å². The first-order chi connectivity index (χ1) is 11.8. The van der Waals surface area contributed by atoms with Gasteiger partial charge in [0.25, 0.3) is 0 Å². The van der Waals surface area contributed by atoms with Gasteiger partial charge in [-0.3, -0.25) is 0 Å². The van der Waals surface area contributed by atoms with Crippen LogP contribution in [0, 0.1) is 5.92 Å². The van der Waals surface area contributed by atoms with Crippen LogP contribution in [0.15, 0.2) is 60.7 Å². The number of ether oxygens (including phenoxy) is 2. The van der Waals surface area contributed by atoms with Gasteiger partial charge in [-0.15, -0.1) is 0 Å². The second-order valence-corrected chi connectivity index (χ2v) is 6.47. The lowest BCUT2D eigenvalue weighted by atomic mass is 10.0. The molecule has 0 bridgehead atoms. The van der Waals surface area contributed by atoms with E-state index in [0.29, 0.717) is 6.61 Å². The number of hydrogen-bond acceptors (Lipinski definition) is 2. The molecule has 2 aromatic carbocycles. The predicted octanol–water partition coefficient (Wildman–Crippen LogP) is 5.14. The Kier molecular flexibility index (Phi) is 6.08. The lowest BCUT2D eigenvalue weighted by molar-refractivity contribution is 0.0150. The van der Waals surface area contributed by atoms with Gasteiger partial charge >= 0.3 is 0 Å². The van der Waals surface area contributed by atoms with Gasteiger partial charge in [0.15, 0.2) is 0 Å². The minimum Gasteiger partial charge on any atom is -0.491 e. The zero-order valence-corrected chi connectivity index (χ0v) is 14.4. The van der Waals surface area contributed by atoms with E-state index in [2.05, 4.69) is 36.4 Å². The van der Waals surface area contributed by atoms with Crippen LogP contribution in [0.3, 0.4) is 0 Å². The van der Waals surface area contributed by atoms with Crippen LogP contribution >= 0.6 is 0 Å². The van der Waals surface area contributed by atoms with Crippen LogP contribution in [-0.2, 0) is 11.2 Å². The molecule has 1 fully saturated rings. The van der Waals surface area contributed by atoms with Crippen molar-refractivity contribution in [2.24, 2.45) is 5.92 Å². The van der Waals surface area contributed by atoms with E-state index in [1.807, 2.05) is 37.3 Å². The molecule has 2 nitrogen and oxygen atoms in total. The molecule has 1 atom stereocenters. The van der Waals surface area contributed by atoms with E-state index in [-0.39, 0.29) is 6.10 Å². The Bertz CT molecular complexity index is 644. The molecule has 0 spiro atoms. The van der Waals surface area contributed by atoms with Gasteiger partial charge in [-0.2, -0.15) is 0 Å². The van der Waals surface area contributed by atoms with Crippen molar-refractivity contribution >= 4 is 6.08 Å². The predicted molar refractivity (Wildman–Crippen MR) is 99.3 cm³/mol. The van der Waals surface area contributed by atoms with Crippen LogP contribution in [0.1, 0.15) is 30.9 Å². The van der Waals surface area contributed by atoms with Crippen molar-refractivity contribution in [1.82, 2.24) is 0 Å². The summed E-state index contributed by atoms with van der Waals surface area (Å²) in [6.45, 7) is 3.49. The quantitative estimate of drug-likeness (QED) is 0.636. The summed E-state index contributed by atoms with van der Waals surface area (Å²) >= 11 is 0. The largest absolute Gasteiger partial charge is 0.491 e. The van der Waals surface area contributed by atoms with E-state index in [4.69, 9.17) is 9.47 Å². The zero-order chi connectivity index (χ0) is 16.6. The van der Waals surface area contributed by atoms with Crippen LogP contribution in [0.25, 0.3) is 6.08 Å². The van der Waals surface area contributed by atoms with Crippen molar-refractivity contribution in [2.45, 2.75) is 32.3 Å². The van der Waals surface area contributed by atoms with E-state index >= 15 is 0 Å². The van der Waals surface area contributed by atoms with Crippen molar-refractivity contribution in [3.8, 4) is 5.75 Å². The summed E-state index contributed by atoms with van der Waals surface area (Å²) in [7, 11) is 0.